The van der Waals surface area contributed by atoms with Gasteiger partial charge in [-0.2, -0.15) is 0 Å². The Morgan fingerprint density at radius 1 is 1.25 bits per heavy atom. The fourth-order valence-corrected chi connectivity index (χ4v) is 1.95. The Balaban J connectivity index is 1.78. The number of carbonyl (C=O) groups excluding carboxylic acids is 1. The molecule has 0 saturated carbocycles. The second-order valence-electron chi connectivity index (χ2n) is 3.91. The van der Waals surface area contributed by atoms with Gasteiger partial charge in [0.2, 0.25) is 0 Å². The Morgan fingerprint density at radius 2 is 2.10 bits per heavy atom. The molecule has 0 aliphatic carbocycles. The van der Waals surface area contributed by atoms with Crippen LogP contribution in [0.15, 0.2) is 36.8 Å². The number of carbonyl (C=O) groups is 1. The van der Waals surface area contributed by atoms with Crippen molar-refractivity contribution >= 4 is 34.9 Å². The molecule has 0 bridgehead atoms. The number of halogens is 2. The van der Waals surface area contributed by atoms with Gasteiger partial charge in [0.1, 0.15) is 5.82 Å². The molecule has 0 aliphatic rings. The van der Waals surface area contributed by atoms with E-state index in [0.717, 1.165) is 0 Å². The van der Waals surface area contributed by atoms with Gasteiger partial charge in [-0.1, -0.05) is 23.2 Å². The number of hydrogen-bond donors (Lipinski definition) is 2. The Hall–Kier alpha value is -1.85. The van der Waals surface area contributed by atoms with Crippen LogP contribution in [0, 0.1) is 0 Å². The molecule has 2 N–H and O–H groups in total. The van der Waals surface area contributed by atoms with Crippen LogP contribution in [0.1, 0.15) is 10.4 Å². The predicted octanol–water partition coefficient (Wildman–Crippen LogP) is 2.63. The molecule has 5 nitrogen and oxygen atoms in total. The van der Waals surface area contributed by atoms with Crippen molar-refractivity contribution in [3.8, 4) is 0 Å². The first-order valence-electron chi connectivity index (χ1n) is 5.90. The summed E-state index contributed by atoms with van der Waals surface area (Å²) in [4.78, 5) is 19.7. The van der Waals surface area contributed by atoms with Crippen LogP contribution in [0.5, 0.6) is 0 Å². The number of hydrogen-bond acceptors (Lipinski definition) is 4. The quantitative estimate of drug-likeness (QED) is 0.833. The van der Waals surface area contributed by atoms with E-state index in [1.54, 1.807) is 24.4 Å². The molecule has 0 aliphatic heterocycles. The minimum absolute atomic E-state index is 0.171. The predicted molar refractivity (Wildman–Crippen MR) is 79.3 cm³/mol. The highest BCUT2D eigenvalue weighted by Gasteiger charge is 2.05. The van der Waals surface area contributed by atoms with Crippen molar-refractivity contribution in [1.82, 2.24) is 15.3 Å². The number of anilines is 1. The first-order chi connectivity index (χ1) is 9.66. The first-order valence-corrected chi connectivity index (χ1v) is 6.65. The summed E-state index contributed by atoms with van der Waals surface area (Å²) >= 11 is 11.7. The van der Waals surface area contributed by atoms with E-state index in [4.69, 9.17) is 23.2 Å². The van der Waals surface area contributed by atoms with Crippen LogP contribution in [0.2, 0.25) is 10.0 Å². The van der Waals surface area contributed by atoms with Gasteiger partial charge in [-0.25, -0.2) is 4.98 Å². The topological polar surface area (TPSA) is 66.9 Å². The molecule has 2 rings (SSSR count). The molecule has 0 saturated heterocycles. The third-order valence-corrected chi connectivity index (χ3v) is 2.93. The molecule has 0 unspecified atom stereocenters. The zero-order chi connectivity index (χ0) is 14.4. The lowest BCUT2D eigenvalue weighted by atomic mass is 10.3. The Kier molecular flexibility index (Phi) is 5.15. The normalized spacial score (nSPS) is 10.1. The second kappa shape index (κ2) is 7.07. The summed E-state index contributed by atoms with van der Waals surface area (Å²) in [6.45, 7) is 0.939. The van der Waals surface area contributed by atoms with Gasteiger partial charge >= 0.3 is 0 Å². The zero-order valence-electron chi connectivity index (χ0n) is 10.4. The molecular weight excluding hydrogens is 299 g/mol. The first kappa shape index (κ1) is 14.6. The molecule has 1 amide bonds. The SMILES string of the molecule is O=C(NCCNc1ncc(Cl)cc1Cl)c1cccnc1. The zero-order valence-corrected chi connectivity index (χ0v) is 11.9. The maximum absolute atomic E-state index is 11.7. The number of nitrogens with zero attached hydrogens (tertiary/aromatic N) is 2. The summed E-state index contributed by atoms with van der Waals surface area (Å²) in [5.74, 6) is 0.363. The third-order valence-electron chi connectivity index (χ3n) is 2.43. The molecule has 0 atom stereocenters. The van der Waals surface area contributed by atoms with Crippen molar-refractivity contribution in [3.05, 3.63) is 52.4 Å². The maximum atomic E-state index is 11.7. The lowest BCUT2D eigenvalue weighted by Gasteiger charge is -2.08. The minimum Gasteiger partial charge on any atom is -0.367 e. The van der Waals surface area contributed by atoms with Crippen molar-refractivity contribution < 1.29 is 4.79 Å². The summed E-state index contributed by atoms with van der Waals surface area (Å²) in [6, 6.07) is 5.02. The smallest absolute Gasteiger partial charge is 0.252 e. The van der Waals surface area contributed by atoms with E-state index in [1.807, 2.05) is 0 Å². The average molecular weight is 311 g/mol. The van der Waals surface area contributed by atoms with E-state index in [2.05, 4.69) is 20.6 Å². The Bertz CT molecular complexity index is 592. The molecule has 104 valence electrons. The summed E-state index contributed by atoms with van der Waals surface area (Å²) in [5.41, 5.74) is 0.523. The molecule has 2 heterocycles. The summed E-state index contributed by atoms with van der Waals surface area (Å²) < 4.78 is 0. The van der Waals surface area contributed by atoms with Crippen LogP contribution < -0.4 is 10.6 Å². The van der Waals surface area contributed by atoms with Gasteiger partial charge < -0.3 is 10.6 Å². The summed E-state index contributed by atoms with van der Waals surface area (Å²) in [6.07, 6.45) is 4.64. The van der Waals surface area contributed by atoms with Crippen LogP contribution in [0.4, 0.5) is 5.82 Å². The number of amides is 1. The van der Waals surface area contributed by atoms with Crippen LogP contribution in [-0.2, 0) is 0 Å². The summed E-state index contributed by atoms with van der Waals surface area (Å²) in [5, 5.41) is 6.69. The van der Waals surface area contributed by atoms with E-state index in [1.165, 1.54) is 12.4 Å². The van der Waals surface area contributed by atoms with Gasteiger partial charge in [0.05, 0.1) is 15.6 Å². The molecule has 0 fully saturated rings. The lowest BCUT2D eigenvalue weighted by molar-refractivity contribution is 0.0955. The molecule has 2 aromatic rings. The Morgan fingerprint density at radius 3 is 2.80 bits per heavy atom. The second-order valence-corrected chi connectivity index (χ2v) is 4.75. The van der Waals surface area contributed by atoms with Crippen molar-refractivity contribution in [2.24, 2.45) is 0 Å². The number of pyridine rings is 2. The van der Waals surface area contributed by atoms with Crippen molar-refractivity contribution in [1.29, 1.82) is 0 Å². The van der Waals surface area contributed by atoms with E-state index in [-0.39, 0.29) is 5.91 Å². The molecular formula is C13H12Cl2N4O. The van der Waals surface area contributed by atoms with E-state index in [9.17, 15) is 4.79 Å². The van der Waals surface area contributed by atoms with Gasteiger partial charge in [0.25, 0.3) is 5.91 Å². The lowest BCUT2D eigenvalue weighted by Crippen LogP contribution is -2.29. The van der Waals surface area contributed by atoms with Gasteiger partial charge in [0, 0.05) is 31.7 Å². The molecule has 7 heteroatoms. The van der Waals surface area contributed by atoms with Gasteiger partial charge in [-0.15, -0.1) is 0 Å². The number of aromatic nitrogens is 2. The molecule has 2 aromatic heterocycles. The molecule has 20 heavy (non-hydrogen) atoms. The monoisotopic (exact) mass is 310 g/mol. The van der Waals surface area contributed by atoms with Gasteiger partial charge in [-0.3, -0.25) is 9.78 Å². The number of rotatable bonds is 5. The van der Waals surface area contributed by atoms with Crippen molar-refractivity contribution in [3.63, 3.8) is 0 Å². The third kappa shape index (κ3) is 4.08. The van der Waals surface area contributed by atoms with E-state index in [0.29, 0.717) is 34.5 Å². The van der Waals surface area contributed by atoms with Crippen LogP contribution in [-0.4, -0.2) is 29.0 Å². The highest BCUT2D eigenvalue weighted by Crippen LogP contribution is 2.21. The highest BCUT2D eigenvalue weighted by molar-refractivity contribution is 6.35. The average Bonchev–Trinajstić information content (AvgIpc) is 2.46. The fourth-order valence-electron chi connectivity index (χ4n) is 1.50. The maximum Gasteiger partial charge on any atom is 0.252 e. The van der Waals surface area contributed by atoms with Gasteiger partial charge in [0.15, 0.2) is 0 Å². The molecule has 0 spiro atoms. The Labute approximate surface area is 126 Å². The van der Waals surface area contributed by atoms with Gasteiger partial charge in [-0.05, 0) is 18.2 Å². The van der Waals surface area contributed by atoms with E-state index >= 15 is 0 Å². The standard InChI is InChI=1S/C13H12Cl2N4O/c14-10-6-11(15)12(19-8-10)17-4-5-18-13(20)9-2-1-3-16-7-9/h1-3,6-8H,4-5H2,(H,17,19)(H,18,20). The van der Waals surface area contributed by atoms with Crippen LogP contribution >= 0.6 is 23.2 Å². The molecule has 0 radical (unpaired) electrons. The minimum atomic E-state index is -0.171. The van der Waals surface area contributed by atoms with Crippen molar-refractivity contribution in [2.75, 3.05) is 18.4 Å². The highest BCUT2D eigenvalue weighted by atomic mass is 35.5. The fraction of sp³-hybridized carbons (Fsp3) is 0.154. The summed E-state index contributed by atoms with van der Waals surface area (Å²) in [7, 11) is 0. The van der Waals surface area contributed by atoms with Crippen molar-refractivity contribution in [2.45, 2.75) is 0 Å². The van der Waals surface area contributed by atoms with E-state index < -0.39 is 0 Å². The largest absolute Gasteiger partial charge is 0.367 e. The van der Waals surface area contributed by atoms with Crippen LogP contribution in [0.3, 0.4) is 0 Å². The molecule has 0 aromatic carbocycles. The van der Waals surface area contributed by atoms with Crippen LogP contribution in [0.25, 0.3) is 0 Å². The number of nitrogens with one attached hydrogen (secondary N) is 2.